The molecule has 3 aliphatic rings. The van der Waals surface area contributed by atoms with Crippen molar-refractivity contribution in [3.63, 3.8) is 0 Å². The molecule has 3 rings (SSSR count). The van der Waals surface area contributed by atoms with Crippen LogP contribution < -0.4 is 5.32 Å². The summed E-state index contributed by atoms with van der Waals surface area (Å²) in [6.07, 6.45) is -0.488. The number of imide groups is 1. The van der Waals surface area contributed by atoms with E-state index in [-0.39, 0.29) is 5.91 Å². The Bertz CT molecular complexity index is 541. The van der Waals surface area contributed by atoms with Gasteiger partial charge < -0.3 is 19.4 Å². The largest absolute Gasteiger partial charge is 0.378 e. The van der Waals surface area contributed by atoms with E-state index in [1.54, 1.807) is 7.05 Å². The highest BCUT2D eigenvalue weighted by molar-refractivity contribution is 6.03. The number of fused-ring (bicyclic) bond motifs is 1. The second-order valence-electron chi connectivity index (χ2n) is 5.88. The van der Waals surface area contributed by atoms with Crippen LogP contribution in [-0.2, 0) is 9.53 Å². The summed E-state index contributed by atoms with van der Waals surface area (Å²) in [5.41, 5.74) is 0.939. The van der Waals surface area contributed by atoms with Gasteiger partial charge in [0.2, 0.25) is 0 Å². The summed E-state index contributed by atoms with van der Waals surface area (Å²) in [5, 5.41) is 2.39. The van der Waals surface area contributed by atoms with Gasteiger partial charge in [0, 0.05) is 26.7 Å². The quantitative estimate of drug-likeness (QED) is 0.692. The van der Waals surface area contributed by atoms with Crippen LogP contribution in [0.2, 0.25) is 0 Å². The maximum atomic E-state index is 12.3. The fraction of sp³-hybridized carbons (Fsp3) is 0.643. The normalized spacial score (nSPS) is 28.5. The first-order valence-electron chi connectivity index (χ1n) is 7.38. The van der Waals surface area contributed by atoms with Gasteiger partial charge in [0.25, 0.3) is 5.91 Å². The number of guanidine groups is 1. The van der Waals surface area contributed by atoms with Crippen molar-refractivity contribution in [1.82, 2.24) is 20.0 Å². The standard InChI is InChI=1S/C14H21N5O3/c1-9(2)8-19-10-11(17(3)14(21)16-12(10)20)15-13(19)18-4-6-22-7-5-18/h10-11H,1,4-8H2,2-3H3,(H,16,20,21). The highest BCUT2D eigenvalue weighted by atomic mass is 16.5. The van der Waals surface area contributed by atoms with E-state index >= 15 is 0 Å². The highest BCUT2D eigenvalue weighted by Gasteiger charge is 2.49. The zero-order valence-electron chi connectivity index (χ0n) is 12.9. The molecule has 120 valence electrons. The summed E-state index contributed by atoms with van der Waals surface area (Å²) in [7, 11) is 1.66. The first-order valence-corrected chi connectivity index (χ1v) is 7.38. The zero-order valence-corrected chi connectivity index (χ0v) is 12.9. The molecule has 3 heterocycles. The average Bonchev–Trinajstić information content (AvgIpc) is 2.85. The number of carbonyl (C=O) groups excluding carboxylic acids is 2. The Balaban J connectivity index is 1.92. The molecule has 8 nitrogen and oxygen atoms in total. The molecule has 0 radical (unpaired) electrons. The molecule has 2 atom stereocenters. The van der Waals surface area contributed by atoms with Gasteiger partial charge in [-0.1, -0.05) is 12.2 Å². The van der Waals surface area contributed by atoms with Gasteiger partial charge in [-0.15, -0.1) is 0 Å². The molecule has 0 aromatic heterocycles. The molecular weight excluding hydrogens is 286 g/mol. The van der Waals surface area contributed by atoms with Crippen molar-refractivity contribution < 1.29 is 14.3 Å². The molecule has 0 saturated carbocycles. The van der Waals surface area contributed by atoms with Gasteiger partial charge in [0.1, 0.15) is 0 Å². The van der Waals surface area contributed by atoms with Crippen molar-refractivity contribution in [2.24, 2.45) is 4.99 Å². The first-order chi connectivity index (χ1) is 10.5. The predicted molar refractivity (Wildman–Crippen MR) is 80.2 cm³/mol. The van der Waals surface area contributed by atoms with Crippen molar-refractivity contribution in [3.05, 3.63) is 12.2 Å². The lowest BCUT2D eigenvalue weighted by Gasteiger charge is -2.38. The molecule has 0 bridgehead atoms. The third kappa shape index (κ3) is 2.43. The number of ether oxygens (including phenoxy) is 1. The predicted octanol–water partition coefficient (Wildman–Crippen LogP) is -0.557. The van der Waals surface area contributed by atoms with Gasteiger partial charge in [-0.2, -0.15) is 0 Å². The Labute approximate surface area is 129 Å². The molecule has 2 unspecified atom stereocenters. The summed E-state index contributed by atoms with van der Waals surface area (Å²) in [6.45, 7) is 9.12. The summed E-state index contributed by atoms with van der Waals surface area (Å²) >= 11 is 0. The molecule has 2 fully saturated rings. The summed E-state index contributed by atoms with van der Waals surface area (Å²) in [4.78, 5) is 34.3. The monoisotopic (exact) mass is 307 g/mol. The van der Waals surface area contributed by atoms with E-state index in [1.807, 2.05) is 11.8 Å². The van der Waals surface area contributed by atoms with Crippen LogP contribution in [0.15, 0.2) is 17.1 Å². The van der Waals surface area contributed by atoms with E-state index in [0.29, 0.717) is 19.8 Å². The molecule has 22 heavy (non-hydrogen) atoms. The van der Waals surface area contributed by atoms with Gasteiger partial charge in [0.05, 0.1) is 13.2 Å². The molecule has 8 heteroatoms. The maximum Gasteiger partial charge on any atom is 0.325 e. The van der Waals surface area contributed by atoms with E-state index in [9.17, 15) is 9.59 Å². The van der Waals surface area contributed by atoms with Gasteiger partial charge in [-0.3, -0.25) is 10.1 Å². The van der Waals surface area contributed by atoms with Crippen LogP contribution in [0.3, 0.4) is 0 Å². The second kappa shape index (κ2) is 5.60. The van der Waals surface area contributed by atoms with Crippen LogP contribution in [0, 0.1) is 0 Å². The molecule has 0 aromatic rings. The van der Waals surface area contributed by atoms with Crippen LogP contribution in [0.1, 0.15) is 6.92 Å². The third-order valence-corrected chi connectivity index (χ3v) is 4.07. The lowest BCUT2D eigenvalue weighted by Crippen LogP contribution is -2.64. The number of likely N-dealkylation sites (N-methyl/N-ethyl adjacent to an activating group) is 1. The average molecular weight is 307 g/mol. The fourth-order valence-electron chi connectivity index (χ4n) is 3.00. The smallest absolute Gasteiger partial charge is 0.325 e. The zero-order chi connectivity index (χ0) is 15.9. The van der Waals surface area contributed by atoms with Crippen LogP contribution in [0.25, 0.3) is 0 Å². The number of nitrogens with zero attached hydrogens (tertiary/aromatic N) is 4. The Kier molecular flexibility index (Phi) is 3.78. The Morgan fingerprint density at radius 2 is 2.09 bits per heavy atom. The van der Waals surface area contributed by atoms with Crippen molar-refractivity contribution in [2.45, 2.75) is 19.1 Å². The Hall–Kier alpha value is -2.09. The van der Waals surface area contributed by atoms with Gasteiger partial charge >= 0.3 is 6.03 Å². The third-order valence-electron chi connectivity index (χ3n) is 4.07. The van der Waals surface area contributed by atoms with Crippen molar-refractivity contribution in [2.75, 3.05) is 39.9 Å². The highest BCUT2D eigenvalue weighted by Crippen LogP contribution is 2.26. The van der Waals surface area contributed by atoms with Gasteiger partial charge in [-0.25, -0.2) is 9.79 Å². The molecule has 3 amide bonds. The summed E-state index contributed by atoms with van der Waals surface area (Å²) in [5.74, 6) is 0.444. The van der Waals surface area contributed by atoms with Crippen molar-refractivity contribution in [3.8, 4) is 0 Å². The molecule has 2 saturated heterocycles. The van der Waals surface area contributed by atoms with Crippen LogP contribution in [-0.4, -0.2) is 84.7 Å². The molecule has 0 aromatic carbocycles. The van der Waals surface area contributed by atoms with Crippen LogP contribution in [0.4, 0.5) is 4.79 Å². The molecule has 3 aliphatic heterocycles. The number of hydrogen-bond donors (Lipinski definition) is 1. The van der Waals surface area contributed by atoms with E-state index in [2.05, 4.69) is 21.8 Å². The van der Waals surface area contributed by atoms with E-state index in [4.69, 9.17) is 4.74 Å². The molecule has 1 N–H and O–H groups in total. The second-order valence-corrected chi connectivity index (χ2v) is 5.88. The number of aliphatic imine (C=N–C) groups is 1. The Morgan fingerprint density at radius 1 is 1.41 bits per heavy atom. The number of urea groups is 1. The number of hydrogen-bond acceptors (Lipinski definition) is 6. The van der Waals surface area contributed by atoms with Gasteiger partial charge in [0.15, 0.2) is 18.2 Å². The van der Waals surface area contributed by atoms with Crippen molar-refractivity contribution >= 4 is 17.9 Å². The van der Waals surface area contributed by atoms with Gasteiger partial charge in [-0.05, 0) is 6.92 Å². The SMILES string of the molecule is C=C(C)CN1C(N2CCOCC2)=NC2C1C(=O)NC(=O)N2C. The molecular formula is C14H21N5O3. The minimum absolute atomic E-state index is 0.304. The topological polar surface area (TPSA) is 77.5 Å². The minimum Gasteiger partial charge on any atom is -0.378 e. The van der Waals surface area contributed by atoms with E-state index < -0.39 is 18.2 Å². The number of rotatable bonds is 2. The van der Waals surface area contributed by atoms with E-state index in [0.717, 1.165) is 24.6 Å². The first kappa shape index (κ1) is 14.8. The Morgan fingerprint density at radius 3 is 2.73 bits per heavy atom. The van der Waals surface area contributed by atoms with Crippen LogP contribution >= 0.6 is 0 Å². The molecule has 0 spiro atoms. The molecule has 0 aliphatic carbocycles. The van der Waals surface area contributed by atoms with Crippen molar-refractivity contribution in [1.29, 1.82) is 0 Å². The maximum absolute atomic E-state index is 12.3. The minimum atomic E-state index is -0.503. The fourth-order valence-corrected chi connectivity index (χ4v) is 3.00. The lowest BCUT2D eigenvalue weighted by atomic mass is 10.1. The van der Waals surface area contributed by atoms with Crippen LogP contribution in [0.5, 0.6) is 0 Å². The lowest BCUT2D eigenvalue weighted by molar-refractivity contribution is -0.127. The number of nitrogens with one attached hydrogen (secondary N) is 1. The van der Waals surface area contributed by atoms with E-state index in [1.165, 1.54) is 4.90 Å². The summed E-state index contributed by atoms with van der Waals surface area (Å²) < 4.78 is 5.38. The number of morpholine rings is 1. The summed E-state index contributed by atoms with van der Waals surface area (Å²) in [6, 6.07) is -0.911. The number of carbonyl (C=O) groups is 2. The number of amides is 3.